The Kier molecular flexibility index (Phi) is 6.19. The summed E-state index contributed by atoms with van der Waals surface area (Å²) in [5.74, 6) is 1.21. The number of hydrogen-bond donors (Lipinski definition) is 2. The van der Waals surface area contributed by atoms with Gasteiger partial charge >= 0.3 is 0 Å². The van der Waals surface area contributed by atoms with Gasteiger partial charge in [0, 0.05) is 30.3 Å². The summed E-state index contributed by atoms with van der Waals surface area (Å²) in [6.07, 6.45) is 9.12. The molecule has 1 saturated heterocycles. The van der Waals surface area contributed by atoms with Crippen LogP contribution in [-0.2, 0) is 0 Å². The molecule has 0 spiro atoms. The topological polar surface area (TPSA) is 48.4 Å². The Morgan fingerprint density at radius 2 is 1.86 bits per heavy atom. The van der Waals surface area contributed by atoms with Crippen molar-refractivity contribution in [3.8, 4) is 5.75 Å². The van der Waals surface area contributed by atoms with Gasteiger partial charge in [-0.05, 0) is 85.8 Å². The highest BCUT2D eigenvalue weighted by Crippen LogP contribution is 2.30. The summed E-state index contributed by atoms with van der Waals surface area (Å²) in [7, 11) is 1.70. The molecule has 0 amide bonds. The normalized spacial score (nSPS) is 25.5. The lowest BCUT2D eigenvalue weighted by atomic mass is 9.85. The van der Waals surface area contributed by atoms with E-state index in [1.54, 1.807) is 7.11 Å². The molecule has 1 aliphatic carbocycles. The van der Waals surface area contributed by atoms with E-state index in [1.165, 1.54) is 44.0 Å². The van der Waals surface area contributed by atoms with Gasteiger partial charge in [-0.25, -0.2) is 0 Å². The average Bonchev–Trinajstić information content (AvgIpc) is 2.78. The summed E-state index contributed by atoms with van der Waals surface area (Å²) in [4.78, 5) is 2.67. The molecule has 0 radical (unpaired) electrons. The number of rotatable bonds is 6. The molecule has 1 unspecified atom stereocenters. The predicted octanol–water partition coefficient (Wildman–Crippen LogP) is 4.97. The van der Waals surface area contributed by atoms with E-state index in [1.807, 2.05) is 12.3 Å². The fourth-order valence-electron chi connectivity index (χ4n) is 5.10. The number of nitrogens with one attached hydrogen (secondary N) is 2. The lowest BCUT2D eigenvalue weighted by Crippen LogP contribution is -2.47. The van der Waals surface area contributed by atoms with Gasteiger partial charge in [-0.3, -0.25) is 4.90 Å². The Balaban J connectivity index is 1.42. The van der Waals surface area contributed by atoms with E-state index in [0.717, 1.165) is 35.4 Å². The molecule has 1 aliphatic heterocycles. The number of fused-ring (bicyclic) bond motifs is 1. The maximum atomic E-state index is 8.90. The first-order valence-corrected chi connectivity index (χ1v) is 11.0. The van der Waals surface area contributed by atoms with Crippen LogP contribution in [0.25, 0.3) is 10.8 Å². The molecule has 0 aromatic heterocycles. The maximum Gasteiger partial charge on any atom is 0.119 e. The fourth-order valence-corrected chi connectivity index (χ4v) is 5.10. The number of nitrogens with zero attached hydrogens (tertiary/aromatic N) is 1. The van der Waals surface area contributed by atoms with Crippen molar-refractivity contribution in [1.82, 2.24) is 10.2 Å². The van der Waals surface area contributed by atoms with Crippen molar-refractivity contribution < 1.29 is 4.74 Å². The van der Waals surface area contributed by atoms with Crippen molar-refractivity contribution in [2.45, 2.75) is 50.6 Å². The van der Waals surface area contributed by atoms with Crippen LogP contribution >= 0.6 is 0 Å². The van der Waals surface area contributed by atoms with Crippen LogP contribution < -0.4 is 10.1 Å². The number of piperidine rings is 1. The second kappa shape index (κ2) is 9.00. The summed E-state index contributed by atoms with van der Waals surface area (Å²) < 4.78 is 5.33. The van der Waals surface area contributed by atoms with Crippen LogP contribution in [0.4, 0.5) is 0 Å². The van der Waals surface area contributed by atoms with E-state index < -0.39 is 0 Å². The third kappa shape index (κ3) is 4.48. The van der Waals surface area contributed by atoms with Gasteiger partial charge in [0.1, 0.15) is 5.75 Å². The van der Waals surface area contributed by atoms with Gasteiger partial charge < -0.3 is 15.5 Å². The molecule has 1 atom stereocenters. The molecule has 2 N–H and O–H groups in total. The molecule has 29 heavy (non-hydrogen) atoms. The Morgan fingerprint density at radius 1 is 1.10 bits per heavy atom. The molecule has 4 rings (SSSR count). The summed E-state index contributed by atoms with van der Waals surface area (Å²) in [5, 5.41) is 14.6. The molecule has 1 saturated carbocycles. The van der Waals surface area contributed by atoms with Crippen molar-refractivity contribution in [3.05, 3.63) is 54.7 Å². The monoisotopic (exact) mass is 391 g/mol. The minimum atomic E-state index is 0.337. The molecule has 1 heterocycles. The van der Waals surface area contributed by atoms with Crippen LogP contribution in [0.5, 0.6) is 5.75 Å². The van der Waals surface area contributed by atoms with Gasteiger partial charge in [0.05, 0.1) is 7.11 Å². The van der Waals surface area contributed by atoms with E-state index >= 15 is 0 Å². The number of ether oxygens (including phenoxy) is 1. The quantitative estimate of drug-likeness (QED) is 0.683. The van der Waals surface area contributed by atoms with Crippen LogP contribution in [-0.4, -0.2) is 42.9 Å². The summed E-state index contributed by atoms with van der Waals surface area (Å²) in [5.41, 5.74) is 1.86. The predicted molar refractivity (Wildman–Crippen MR) is 121 cm³/mol. The first kappa shape index (κ1) is 20.0. The van der Waals surface area contributed by atoms with E-state index in [4.69, 9.17) is 10.1 Å². The minimum Gasteiger partial charge on any atom is -0.497 e. The summed E-state index contributed by atoms with van der Waals surface area (Å²) >= 11 is 0. The Bertz CT molecular complexity index is 869. The molecule has 4 nitrogen and oxygen atoms in total. The Morgan fingerprint density at radius 3 is 2.62 bits per heavy atom. The third-order valence-electron chi connectivity index (χ3n) is 6.79. The van der Waals surface area contributed by atoms with Gasteiger partial charge in [-0.2, -0.15) is 0 Å². The minimum absolute atomic E-state index is 0.337. The molecule has 2 aromatic rings. The molecule has 4 heteroatoms. The zero-order chi connectivity index (χ0) is 20.2. The largest absolute Gasteiger partial charge is 0.497 e. The van der Waals surface area contributed by atoms with E-state index in [-0.39, 0.29) is 0 Å². The molecule has 2 aromatic carbocycles. The van der Waals surface area contributed by atoms with Crippen molar-refractivity contribution >= 4 is 16.5 Å². The summed E-state index contributed by atoms with van der Waals surface area (Å²) in [6.45, 7) is 6.02. The first-order chi connectivity index (χ1) is 14.2. The van der Waals surface area contributed by atoms with Gasteiger partial charge in [0.2, 0.25) is 0 Å². The van der Waals surface area contributed by atoms with Gasteiger partial charge in [0.15, 0.2) is 0 Å². The number of benzene rings is 2. The Labute approximate surface area is 174 Å². The molecule has 0 bridgehead atoms. The number of methoxy groups -OCH3 is 1. The van der Waals surface area contributed by atoms with Crippen LogP contribution in [0.2, 0.25) is 0 Å². The second-order valence-electron chi connectivity index (χ2n) is 8.55. The van der Waals surface area contributed by atoms with Gasteiger partial charge in [-0.15, -0.1) is 0 Å². The highest BCUT2D eigenvalue weighted by molar-refractivity contribution is 6.03. The summed E-state index contributed by atoms with van der Waals surface area (Å²) in [6, 6.07) is 13.8. The van der Waals surface area contributed by atoms with Crippen LogP contribution in [0.1, 0.15) is 44.1 Å². The zero-order valence-corrected chi connectivity index (χ0v) is 17.5. The van der Waals surface area contributed by atoms with Crippen molar-refractivity contribution in [3.63, 3.8) is 0 Å². The highest BCUT2D eigenvalue weighted by Gasteiger charge is 2.31. The van der Waals surface area contributed by atoms with E-state index in [0.29, 0.717) is 18.0 Å². The van der Waals surface area contributed by atoms with Crippen molar-refractivity contribution in [2.24, 2.45) is 5.92 Å². The molecular formula is C25H33N3O. The van der Waals surface area contributed by atoms with Gasteiger partial charge in [-0.1, -0.05) is 24.8 Å². The van der Waals surface area contributed by atoms with E-state index in [2.05, 4.69) is 47.1 Å². The lowest BCUT2D eigenvalue weighted by Gasteiger charge is -2.41. The van der Waals surface area contributed by atoms with Crippen molar-refractivity contribution in [2.75, 3.05) is 20.2 Å². The number of likely N-dealkylation sites (tertiary alicyclic amines) is 1. The Hall–Kier alpha value is -2.33. The fraction of sp³-hybridized carbons (Fsp3) is 0.480. The molecule has 2 aliphatic rings. The average molecular weight is 392 g/mol. The van der Waals surface area contributed by atoms with Gasteiger partial charge in [0.25, 0.3) is 0 Å². The smallest absolute Gasteiger partial charge is 0.119 e. The zero-order valence-electron chi connectivity index (χ0n) is 17.5. The molecular weight excluding hydrogens is 358 g/mol. The van der Waals surface area contributed by atoms with Crippen LogP contribution in [0.3, 0.4) is 0 Å². The number of hydrogen-bond acceptors (Lipinski definition) is 4. The lowest BCUT2D eigenvalue weighted by molar-refractivity contribution is 0.109. The third-order valence-corrected chi connectivity index (χ3v) is 6.79. The molecule has 2 fully saturated rings. The van der Waals surface area contributed by atoms with E-state index in [9.17, 15) is 0 Å². The first-order valence-electron chi connectivity index (χ1n) is 11.0. The van der Waals surface area contributed by atoms with Crippen LogP contribution in [0, 0.1) is 11.3 Å². The SMILES string of the molecule is C=CNC1CCC(N2CCCC(C(=N)c3ccc4cc(OC)ccc4c3)C2)CC1. The second-order valence-corrected chi connectivity index (χ2v) is 8.55. The standard InChI is InChI=1S/C25H33N3O/c1-3-27-22-9-11-23(12-10-22)28-14-4-5-21(17-28)25(26)20-7-6-19-16-24(29-2)13-8-18(19)15-20/h3,6-8,13,15-16,21-23,26-27H,1,4-5,9-12,14,17H2,2H3. The maximum absolute atomic E-state index is 8.90. The highest BCUT2D eigenvalue weighted by atomic mass is 16.5. The van der Waals surface area contributed by atoms with Crippen LogP contribution in [0.15, 0.2) is 49.2 Å². The molecule has 154 valence electrons. The van der Waals surface area contributed by atoms with Crippen molar-refractivity contribution in [1.29, 1.82) is 5.41 Å².